The van der Waals surface area contributed by atoms with Gasteiger partial charge in [-0.1, -0.05) is 37.3 Å². The van der Waals surface area contributed by atoms with Crippen LogP contribution >= 0.6 is 0 Å². The van der Waals surface area contributed by atoms with Gasteiger partial charge < -0.3 is 14.6 Å². The topological polar surface area (TPSA) is 76.1 Å². The molecular formula is C30H31NO5. The lowest BCUT2D eigenvalue weighted by Gasteiger charge is -2.28. The molecule has 4 rings (SSSR count). The molecule has 0 saturated carbocycles. The zero-order valence-corrected chi connectivity index (χ0v) is 21.3. The molecule has 1 N–H and O–H groups in total. The average molecular weight is 486 g/mol. The Kier molecular flexibility index (Phi) is 7.15. The van der Waals surface area contributed by atoms with Gasteiger partial charge in [0, 0.05) is 16.8 Å². The molecular weight excluding hydrogens is 454 g/mol. The van der Waals surface area contributed by atoms with Gasteiger partial charge in [0.1, 0.15) is 17.3 Å². The normalized spacial score (nSPS) is 16.9. The summed E-state index contributed by atoms with van der Waals surface area (Å²) >= 11 is 0. The molecule has 1 fully saturated rings. The number of hydrogen-bond acceptors (Lipinski definition) is 5. The lowest BCUT2D eigenvalue weighted by molar-refractivity contribution is -0.132. The number of aliphatic hydroxyl groups is 1. The molecule has 0 spiro atoms. The number of rotatable bonds is 7. The van der Waals surface area contributed by atoms with E-state index in [9.17, 15) is 14.7 Å². The quantitative estimate of drug-likeness (QED) is 0.251. The third-order valence-electron chi connectivity index (χ3n) is 6.62. The number of ether oxygens (including phenoxy) is 2. The predicted octanol–water partition coefficient (Wildman–Crippen LogP) is 6.04. The van der Waals surface area contributed by atoms with Crippen molar-refractivity contribution < 1.29 is 24.2 Å². The number of anilines is 1. The summed E-state index contributed by atoms with van der Waals surface area (Å²) < 4.78 is 11.4. The predicted molar refractivity (Wildman–Crippen MR) is 141 cm³/mol. The number of aryl methyl sites for hydroxylation is 2. The van der Waals surface area contributed by atoms with Crippen LogP contribution in [0.3, 0.4) is 0 Å². The van der Waals surface area contributed by atoms with Crippen LogP contribution in [0.2, 0.25) is 0 Å². The van der Waals surface area contributed by atoms with Crippen molar-refractivity contribution in [1.82, 2.24) is 0 Å². The molecule has 0 aliphatic carbocycles. The van der Waals surface area contributed by atoms with Crippen LogP contribution in [-0.4, -0.2) is 30.5 Å². The fourth-order valence-electron chi connectivity index (χ4n) is 4.59. The molecule has 3 aromatic rings. The van der Waals surface area contributed by atoms with Gasteiger partial charge in [-0.05, 0) is 74.2 Å². The van der Waals surface area contributed by atoms with Crippen molar-refractivity contribution in [2.45, 2.75) is 40.2 Å². The van der Waals surface area contributed by atoms with Crippen molar-refractivity contribution >= 4 is 23.1 Å². The number of amides is 1. The molecule has 0 bridgehead atoms. The SMILES string of the molecule is CCCOc1ccc(/C(O)=C2\C(=O)C(=O)N(c3cccc(C)c3C)C2c2ccccc2OC)cc1C. The third-order valence-corrected chi connectivity index (χ3v) is 6.62. The van der Waals surface area contributed by atoms with Gasteiger partial charge in [0.25, 0.3) is 11.7 Å². The van der Waals surface area contributed by atoms with E-state index in [1.807, 2.05) is 64.1 Å². The van der Waals surface area contributed by atoms with Gasteiger partial charge in [-0.25, -0.2) is 0 Å². The Morgan fingerprint density at radius 3 is 2.39 bits per heavy atom. The number of aliphatic hydroxyl groups excluding tert-OH is 1. The lowest BCUT2D eigenvalue weighted by atomic mass is 9.93. The van der Waals surface area contributed by atoms with Gasteiger partial charge in [0.05, 0.1) is 25.3 Å². The minimum atomic E-state index is -0.863. The lowest BCUT2D eigenvalue weighted by Crippen LogP contribution is -2.30. The maximum atomic E-state index is 13.5. The molecule has 6 heteroatoms. The largest absolute Gasteiger partial charge is 0.507 e. The molecule has 1 heterocycles. The Bertz CT molecular complexity index is 1360. The molecule has 1 atom stereocenters. The van der Waals surface area contributed by atoms with E-state index in [0.29, 0.717) is 34.9 Å². The van der Waals surface area contributed by atoms with Crippen molar-refractivity contribution in [3.8, 4) is 11.5 Å². The highest BCUT2D eigenvalue weighted by Gasteiger charge is 2.48. The Balaban J connectivity index is 1.95. The van der Waals surface area contributed by atoms with E-state index >= 15 is 0 Å². The number of hydrogen-bond donors (Lipinski definition) is 1. The maximum absolute atomic E-state index is 13.5. The van der Waals surface area contributed by atoms with Crippen LogP contribution in [0.15, 0.2) is 66.2 Å². The van der Waals surface area contributed by atoms with E-state index in [2.05, 4.69) is 0 Å². The number of nitrogens with zero attached hydrogens (tertiary/aromatic N) is 1. The van der Waals surface area contributed by atoms with E-state index in [-0.39, 0.29) is 11.3 Å². The van der Waals surface area contributed by atoms with Crippen LogP contribution in [0.1, 0.15) is 47.2 Å². The first kappa shape index (κ1) is 25.0. The highest BCUT2D eigenvalue weighted by Crippen LogP contribution is 2.46. The van der Waals surface area contributed by atoms with Crippen LogP contribution < -0.4 is 14.4 Å². The van der Waals surface area contributed by atoms with Crippen molar-refractivity contribution in [3.63, 3.8) is 0 Å². The summed E-state index contributed by atoms with van der Waals surface area (Å²) in [6.45, 7) is 8.37. The zero-order valence-electron chi connectivity index (χ0n) is 21.3. The molecule has 1 aliphatic rings. The molecule has 0 aromatic heterocycles. The molecule has 6 nitrogen and oxygen atoms in total. The van der Waals surface area contributed by atoms with Crippen LogP contribution in [0.5, 0.6) is 11.5 Å². The second-order valence-electron chi connectivity index (χ2n) is 8.96. The van der Waals surface area contributed by atoms with Gasteiger partial charge in [0.2, 0.25) is 0 Å². The highest BCUT2D eigenvalue weighted by molar-refractivity contribution is 6.51. The zero-order chi connectivity index (χ0) is 26.0. The number of carbonyl (C=O) groups is 2. The van der Waals surface area contributed by atoms with Gasteiger partial charge in [0.15, 0.2) is 0 Å². The number of methoxy groups -OCH3 is 1. The number of para-hydroxylation sites is 1. The summed E-state index contributed by atoms with van der Waals surface area (Å²) in [5.74, 6) is -0.438. The van der Waals surface area contributed by atoms with Crippen molar-refractivity contribution in [1.29, 1.82) is 0 Å². The molecule has 1 unspecified atom stereocenters. The van der Waals surface area contributed by atoms with Gasteiger partial charge in [-0.3, -0.25) is 14.5 Å². The first-order chi connectivity index (χ1) is 17.3. The molecule has 186 valence electrons. The summed E-state index contributed by atoms with van der Waals surface area (Å²) in [5, 5.41) is 11.5. The molecule has 3 aromatic carbocycles. The van der Waals surface area contributed by atoms with Crippen molar-refractivity contribution in [2.75, 3.05) is 18.6 Å². The Morgan fingerprint density at radius 2 is 1.69 bits per heavy atom. The second-order valence-corrected chi connectivity index (χ2v) is 8.96. The Labute approximate surface area is 211 Å². The minimum Gasteiger partial charge on any atom is -0.507 e. The van der Waals surface area contributed by atoms with Crippen LogP contribution in [0, 0.1) is 20.8 Å². The number of benzene rings is 3. The molecule has 1 aliphatic heterocycles. The van der Waals surface area contributed by atoms with E-state index in [0.717, 1.165) is 23.1 Å². The molecule has 1 saturated heterocycles. The summed E-state index contributed by atoms with van der Waals surface area (Å²) in [7, 11) is 1.54. The Hall–Kier alpha value is -4.06. The molecule has 36 heavy (non-hydrogen) atoms. The number of ketones is 1. The monoisotopic (exact) mass is 485 g/mol. The first-order valence-corrected chi connectivity index (χ1v) is 12.0. The van der Waals surface area contributed by atoms with Gasteiger partial charge in [-0.15, -0.1) is 0 Å². The Morgan fingerprint density at radius 1 is 0.944 bits per heavy atom. The summed E-state index contributed by atoms with van der Waals surface area (Å²) in [6.07, 6.45) is 0.877. The smallest absolute Gasteiger partial charge is 0.300 e. The first-order valence-electron chi connectivity index (χ1n) is 12.0. The molecule has 0 radical (unpaired) electrons. The van der Waals surface area contributed by atoms with Crippen LogP contribution in [0.4, 0.5) is 5.69 Å². The van der Waals surface area contributed by atoms with E-state index in [4.69, 9.17) is 9.47 Å². The summed E-state index contributed by atoms with van der Waals surface area (Å²) in [4.78, 5) is 28.5. The van der Waals surface area contributed by atoms with Crippen LogP contribution in [0.25, 0.3) is 5.76 Å². The van der Waals surface area contributed by atoms with Gasteiger partial charge in [-0.2, -0.15) is 0 Å². The number of Topliss-reactive ketones (excluding diaryl/α,β-unsaturated/α-hetero) is 1. The maximum Gasteiger partial charge on any atom is 0.300 e. The van der Waals surface area contributed by atoms with E-state index in [1.54, 1.807) is 31.4 Å². The van der Waals surface area contributed by atoms with Crippen molar-refractivity contribution in [2.24, 2.45) is 0 Å². The van der Waals surface area contributed by atoms with Crippen LogP contribution in [-0.2, 0) is 9.59 Å². The van der Waals surface area contributed by atoms with E-state index < -0.39 is 17.7 Å². The number of carbonyl (C=O) groups excluding carboxylic acids is 2. The summed E-state index contributed by atoms with van der Waals surface area (Å²) in [5.41, 5.74) is 4.39. The second kappa shape index (κ2) is 10.3. The van der Waals surface area contributed by atoms with Gasteiger partial charge >= 0.3 is 0 Å². The van der Waals surface area contributed by atoms with Crippen molar-refractivity contribution in [3.05, 3.63) is 94.1 Å². The third kappa shape index (κ3) is 4.35. The molecule has 1 amide bonds. The standard InChI is InChI=1S/C30H31NO5/c1-6-16-36-24-15-14-21(17-19(24)3)28(32)26-27(22-11-7-8-13-25(22)35-5)31(30(34)29(26)33)23-12-9-10-18(2)20(23)4/h7-15,17,27,32H,6,16H2,1-5H3/b28-26+. The fraction of sp³-hybridized carbons (Fsp3) is 0.267. The highest BCUT2D eigenvalue weighted by atomic mass is 16.5. The average Bonchev–Trinajstić information content (AvgIpc) is 3.14. The van der Waals surface area contributed by atoms with E-state index in [1.165, 1.54) is 4.90 Å². The minimum absolute atomic E-state index is 0.0204. The fourth-order valence-corrected chi connectivity index (χ4v) is 4.59. The summed E-state index contributed by atoms with van der Waals surface area (Å²) in [6, 6.07) is 17.3.